The van der Waals surface area contributed by atoms with E-state index < -0.39 is 41.9 Å². The summed E-state index contributed by atoms with van der Waals surface area (Å²) in [6.45, 7) is -0.648. The Kier molecular flexibility index (Phi) is 5.44. The van der Waals surface area contributed by atoms with Crippen molar-refractivity contribution in [2.24, 2.45) is 5.92 Å². The second kappa shape index (κ2) is 7.94. The number of hydrogen-bond donors (Lipinski definition) is 1. The van der Waals surface area contributed by atoms with Crippen molar-refractivity contribution in [2.45, 2.75) is 6.42 Å². The Morgan fingerprint density at radius 1 is 1.07 bits per heavy atom. The van der Waals surface area contributed by atoms with Crippen LogP contribution in [0, 0.1) is 17.6 Å². The average Bonchev–Trinajstić information content (AvgIpc) is 3.04. The first-order valence-electron chi connectivity index (χ1n) is 8.21. The number of para-hydroxylation sites is 2. The van der Waals surface area contributed by atoms with E-state index in [1.807, 2.05) is 0 Å². The Balaban J connectivity index is 1.54. The molecule has 1 saturated heterocycles. The molecular formula is C19H16F2N2O4. The Labute approximate surface area is 153 Å². The van der Waals surface area contributed by atoms with Crippen LogP contribution in [0.2, 0.25) is 0 Å². The number of hydrogen-bond acceptors (Lipinski definition) is 4. The summed E-state index contributed by atoms with van der Waals surface area (Å²) in [5.41, 5.74) is 0.0652. The lowest BCUT2D eigenvalue weighted by molar-refractivity contribution is -0.151. The number of rotatable bonds is 5. The lowest BCUT2D eigenvalue weighted by atomic mass is 10.1. The minimum atomic E-state index is -0.807. The number of nitrogens with one attached hydrogen (secondary N) is 1. The molecule has 0 spiro atoms. The standard InChI is InChI=1S/C19H16F2N2O4/c20-13-5-1-3-7-15(13)22-17(24)11-27-19(26)12-9-18(25)23(10-12)16-8-4-2-6-14(16)21/h1-8,12H,9-11H2,(H,22,24)/t12-/m1/s1. The summed E-state index contributed by atoms with van der Waals surface area (Å²) in [4.78, 5) is 37.2. The first kappa shape index (κ1) is 18.5. The highest BCUT2D eigenvalue weighted by Crippen LogP contribution is 2.27. The fourth-order valence-corrected chi connectivity index (χ4v) is 2.77. The molecule has 2 aromatic carbocycles. The van der Waals surface area contributed by atoms with Crippen LogP contribution in [0.15, 0.2) is 48.5 Å². The number of amides is 2. The predicted octanol–water partition coefficient (Wildman–Crippen LogP) is 2.50. The van der Waals surface area contributed by atoms with Crippen LogP contribution < -0.4 is 10.2 Å². The van der Waals surface area contributed by atoms with E-state index >= 15 is 0 Å². The number of carbonyl (C=O) groups excluding carboxylic acids is 3. The lowest BCUT2D eigenvalue weighted by Crippen LogP contribution is -2.28. The zero-order chi connectivity index (χ0) is 19.4. The van der Waals surface area contributed by atoms with Crippen molar-refractivity contribution < 1.29 is 27.9 Å². The molecule has 1 atom stereocenters. The molecule has 0 aliphatic carbocycles. The largest absolute Gasteiger partial charge is 0.455 e. The summed E-state index contributed by atoms with van der Waals surface area (Å²) >= 11 is 0. The zero-order valence-electron chi connectivity index (χ0n) is 14.2. The van der Waals surface area contributed by atoms with E-state index in [9.17, 15) is 23.2 Å². The summed E-state index contributed by atoms with van der Waals surface area (Å²) in [6, 6.07) is 11.3. The smallest absolute Gasteiger partial charge is 0.311 e. The quantitative estimate of drug-likeness (QED) is 0.816. The molecule has 8 heteroatoms. The summed E-state index contributed by atoms with van der Waals surface area (Å²) in [5.74, 6) is -3.84. The second-order valence-corrected chi connectivity index (χ2v) is 5.99. The Hall–Kier alpha value is -3.29. The van der Waals surface area contributed by atoms with E-state index in [-0.39, 0.29) is 24.3 Å². The van der Waals surface area contributed by atoms with Gasteiger partial charge in [-0.2, -0.15) is 0 Å². The molecule has 0 unspecified atom stereocenters. The molecule has 2 aromatic rings. The van der Waals surface area contributed by atoms with Crippen molar-refractivity contribution in [3.63, 3.8) is 0 Å². The molecule has 0 saturated carbocycles. The van der Waals surface area contributed by atoms with E-state index in [1.54, 1.807) is 12.1 Å². The third-order valence-corrected chi connectivity index (χ3v) is 4.10. The van der Waals surface area contributed by atoms with Gasteiger partial charge >= 0.3 is 5.97 Å². The fraction of sp³-hybridized carbons (Fsp3) is 0.211. The third kappa shape index (κ3) is 4.28. The Morgan fingerprint density at radius 3 is 2.44 bits per heavy atom. The van der Waals surface area contributed by atoms with Crippen LogP contribution in [0.5, 0.6) is 0 Å². The van der Waals surface area contributed by atoms with Gasteiger partial charge in [-0.15, -0.1) is 0 Å². The number of ether oxygens (including phenoxy) is 1. The fourth-order valence-electron chi connectivity index (χ4n) is 2.77. The molecule has 2 amide bonds. The van der Waals surface area contributed by atoms with Crippen LogP contribution in [-0.2, 0) is 19.1 Å². The van der Waals surface area contributed by atoms with Crippen LogP contribution in [0.25, 0.3) is 0 Å². The highest BCUT2D eigenvalue weighted by atomic mass is 19.1. The maximum absolute atomic E-state index is 13.8. The molecule has 1 fully saturated rings. The molecule has 0 aromatic heterocycles. The molecular weight excluding hydrogens is 358 g/mol. The first-order valence-corrected chi connectivity index (χ1v) is 8.21. The molecule has 27 heavy (non-hydrogen) atoms. The second-order valence-electron chi connectivity index (χ2n) is 5.99. The van der Waals surface area contributed by atoms with Gasteiger partial charge in [0.15, 0.2) is 6.61 Å². The SMILES string of the molecule is O=C(COC(=O)[C@@H]1CC(=O)N(c2ccccc2F)C1)Nc1ccccc1F. The van der Waals surface area contributed by atoms with E-state index in [2.05, 4.69) is 5.32 Å². The van der Waals surface area contributed by atoms with Gasteiger partial charge in [0, 0.05) is 13.0 Å². The highest BCUT2D eigenvalue weighted by molar-refractivity contribution is 6.00. The number of esters is 1. The molecule has 1 aliphatic rings. The molecule has 1 aliphatic heterocycles. The summed E-state index contributed by atoms with van der Waals surface area (Å²) in [6.07, 6.45) is -0.137. The maximum Gasteiger partial charge on any atom is 0.311 e. The number of nitrogens with zero attached hydrogens (tertiary/aromatic N) is 1. The van der Waals surface area contributed by atoms with E-state index in [4.69, 9.17) is 4.74 Å². The molecule has 140 valence electrons. The monoisotopic (exact) mass is 374 g/mol. The van der Waals surface area contributed by atoms with E-state index in [0.717, 1.165) is 0 Å². The summed E-state index contributed by atoms with van der Waals surface area (Å²) < 4.78 is 32.2. The predicted molar refractivity (Wildman–Crippen MR) is 92.8 cm³/mol. The number of anilines is 2. The molecule has 1 N–H and O–H groups in total. The van der Waals surface area contributed by atoms with Gasteiger partial charge in [0.1, 0.15) is 11.6 Å². The van der Waals surface area contributed by atoms with Crippen molar-refractivity contribution >= 4 is 29.2 Å². The van der Waals surface area contributed by atoms with Crippen LogP contribution in [0.3, 0.4) is 0 Å². The number of carbonyl (C=O) groups is 3. The number of halogens is 2. The van der Waals surface area contributed by atoms with Crippen molar-refractivity contribution in [1.29, 1.82) is 0 Å². The van der Waals surface area contributed by atoms with Gasteiger partial charge in [-0.1, -0.05) is 24.3 Å². The van der Waals surface area contributed by atoms with Gasteiger partial charge in [-0.25, -0.2) is 8.78 Å². The van der Waals surface area contributed by atoms with Gasteiger partial charge < -0.3 is 15.0 Å². The zero-order valence-corrected chi connectivity index (χ0v) is 14.2. The van der Waals surface area contributed by atoms with Crippen molar-refractivity contribution in [1.82, 2.24) is 0 Å². The third-order valence-electron chi connectivity index (χ3n) is 4.10. The van der Waals surface area contributed by atoms with Gasteiger partial charge in [0.05, 0.1) is 17.3 Å². The topological polar surface area (TPSA) is 75.7 Å². The molecule has 0 radical (unpaired) electrons. The molecule has 1 heterocycles. The van der Waals surface area contributed by atoms with Gasteiger partial charge in [-0.05, 0) is 24.3 Å². The first-order chi connectivity index (χ1) is 13.0. The highest BCUT2D eigenvalue weighted by Gasteiger charge is 2.37. The minimum Gasteiger partial charge on any atom is -0.455 e. The lowest BCUT2D eigenvalue weighted by Gasteiger charge is -2.17. The number of benzene rings is 2. The van der Waals surface area contributed by atoms with Crippen LogP contribution >= 0.6 is 0 Å². The van der Waals surface area contributed by atoms with E-state index in [1.165, 1.54) is 41.3 Å². The average molecular weight is 374 g/mol. The van der Waals surface area contributed by atoms with Crippen LogP contribution in [-0.4, -0.2) is 30.9 Å². The van der Waals surface area contributed by atoms with Gasteiger partial charge in [-0.3, -0.25) is 14.4 Å². The Morgan fingerprint density at radius 2 is 1.74 bits per heavy atom. The normalized spacial score (nSPS) is 16.3. The summed E-state index contributed by atoms with van der Waals surface area (Å²) in [7, 11) is 0. The van der Waals surface area contributed by atoms with Gasteiger partial charge in [0.25, 0.3) is 5.91 Å². The van der Waals surface area contributed by atoms with Crippen molar-refractivity contribution in [3.05, 3.63) is 60.2 Å². The van der Waals surface area contributed by atoms with E-state index in [0.29, 0.717) is 0 Å². The molecule has 3 rings (SSSR count). The molecule has 0 bridgehead atoms. The van der Waals surface area contributed by atoms with Crippen LogP contribution in [0.1, 0.15) is 6.42 Å². The van der Waals surface area contributed by atoms with Crippen LogP contribution in [0.4, 0.5) is 20.2 Å². The molecule has 6 nitrogen and oxygen atoms in total. The Bertz CT molecular complexity index is 888. The maximum atomic E-state index is 13.8. The minimum absolute atomic E-state index is 0.0275. The van der Waals surface area contributed by atoms with Crippen molar-refractivity contribution in [3.8, 4) is 0 Å². The van der Waals surface area contributed by atoms with Crippen molar-refractivity contribution in [2.75, 3.05) is 23.4 Å². The summed E-state index contributed by atoms with van der Waals surface area (Å²) in [5, 5.41) is 2.29. The van der Waals surface area contributed by atoms with Gasteiger partial charge in [0.2, 0.25) is 5.91 Å².